The van der Waals surface area contributed by atoms with E-state index in [1.165, 1.54) is 13.0 Å². The van der Waals surface area contributed by atoms with Crippen molar-refractivity contribution in [3.05, 3.63) is 65.6 Å². The van der Waals surface area contributed by atoms with Crippen molar-refractivity contribution in [2.45, 2.75) is 49.5 Å². The smallest absolute Gasteiger partial charge is 0.349 e. The molecule has 38 heavy (non-hydrogen) atoms. The maximum absolute atomic E-state index is 14.3. The van der Waals surface area contributed by atoms with Gasteiger partial charge < -0.3 is 5.32 Å². The summed E-state index contributed by atoms with van der Waals surface area (Å²) in [7, 11) is -4.06. The van der Waals surface area contributed by atoms with Crippen LogP contribution in [0.1, 0.15) is 31.0 Å². The highest BCUT2D eigenvalue weighted by atomic mass is 32.2. The van der Waals surface area contributed by atoms with E-state index in [0.717, 1.165) is 41.0 Å². The minimum Gasteiger partial charge on any atom is -0.349 e. The molecule has 1 aliphatic carbocycles. The summed E-state index contributed by atoms with van der Waals surface area (Å²) >= 11 is 0. The van der Waals surface area contributed by atoms with Crippen LogP contribution >= 0.6 is 0 Å². The zero-order chi connectivity index (χ0) is 27.8. The number of aliphatic imine (C=N–C) groups is 2. The van der Waals surface area contributed by atoms with Crippen molar-refractivity contribution >= 4 is 34.1 Å². The van der Waals surface area contributed by atoms with Crippen LogP contribution in [0.4, 0.5) is 22.0 Å². The normalized spacial score (nSPS) is 22.2. The number of carbonyl (C=O) groups is 1. The van der Waals surface area contributed by atoms with Crippen LogP contribution in [0.25, 0.3) is 5.57 Å². The molecule has 1 saturated carbocycles. The van der Waals surface area contributed by atoms with Crippen LogP contribution in [-0.2, 0) is 21.4 Å². The molecule has 3 heterocycles. The maximum Gasteiger partial charge on any atom is 0.451 e. The second-order valence-electron chi connectivity index (χ2n) is 8.91. The van der Waals surface area contributed by atoms with Gasteiger partial charge in [-0.1, -0.05) is 0 Å². The van der Waals surface area contributed by atoms with Gasteiger partial charge in [-0.15, -0.1) is 0 Å². The Balaban J connectivity index is 1.50. The molecule has 14 heteroatoms. The van der Waals surface area contributed by atoms with E-state index >= 15 is 0 Å². The molecule has 202 valence electrons. The number of amidine groups is 1. The van der Waals surface area contributed by atoms with Crippen molar-refractivity contribution in [2.24, 2.45) is 15.9 Å². The molecule has 2 aliphatic heterocycles. The second-order valence-corrected chi connectivity index (χ2v) is 10.8. The lowest BCUT2D eigenvalue weighted by molar-refractivity contribution is -0.124. The first kappa shape index (κ1) is 27.5. The summed E-state index contributed by atoms with van der Waals surface area (Å²) in [5.41, 5.74) is 0.126. The SMILES string of the molecule is C=NC(=N/C=C(\C)c1cc(CNC(=O)[C@@H]2C3CC(C3)N2S(=O)(=O)c2ccc(F)cc2)ncc1F)C(F)(F)F. The van der Waals surface area contributed by atoms with Gasteiger partial charge in [0.15, 0.2) is 0 Å². The number of amides is 1. The van der Waals surface area contributed by atoms with Gasteiger partial charge in [-0.2, -0.15) is 17.5 Å². The van der Waals surface area contributed by atoms with E-state index in [-0.39, 0.29) is 40.2 Å². The zero-order valence-corrected chi connectivity index (χ0v) is 20.7. The minimum absolute atomic E-state index is 0.0380. The standard InChI is InChI=1S/C24H22F5N5O3S/c1-13(10-33-23(30-2)24(27,28)29)19-9-16(31-12-20(19)26)11-32-22(35)21-14-7-17(8-14)34(21)38(36,37)18-5-3-15(25)4-6-18/h3-6,9-10,12,14,17,21H,2,7-8,11H2,1H3,(H,32,35)/b13-10+,33-23?/t14?,17?,21-/m0/s1. The lowest BCUT2D eigenvalue weighted by atomic mass is 9.83. The summed E-state index contributed by atoms with van der Waals surface area (Å²) in [4.78, 5) is 22.9. The molecular formula is C24H22F5N5O3S. The van der Waals surface area contributed by atoms with Crippen LogP contribution in [0.2, 0.25) is 0 Å². The first-order valence-electron chi connectivity index (χ1n) is 11.3. The number of nitrogens with one attached hydrogen (secondary N) is 1. The Morgan fingerprint density at radius 1 is 1.24 bits per heavy atom. The van der Waals surface area contributed by atoms with Crippen LogP contribution in [0.15, 0.2) is 57.6 Å². The molecule has 1 aromatic carbocycles. The summed E-state index contributed by atoms with van der Waals surface area (Å²) in [6.07, 6.45) is -2.15. The molecule has 8 nitrogen and oxygen atoms in total. The molecule has 0 spiro atoms. The average molecular weight is 556 g/mol. The van der Waals surface area contributed by atoms with Crippen molar-refractivity contribution in [1.29, 1.82) is 0 Å². The third kappa shape index (κ3) is 5.36. The van der Waals surface area contributed by atoms with E-state index in [9.17, 15) is 35.2 Å². The molecule has 0 unspecified atom stereocenters. The van der Waals surface area contributed by atoms with E-state index in [1.54, 1.807) is 0 Å². The molecule has 1 atom stereocenters. The molecule has 2 aromatic rings. The number of rotatable bonds is 7. The van der Waals surface area contributed by atoms with Gasteiger partial charge in [0.25, 0.3) is 0 Å². The fourth-order valence-electron chi connectivity index (χ4n) is 4.53. The van der Waals surface area contributed by atoms with Gasteiger partial charge >= 0.3 is 6.18 Å². The van der Waals surface area contributed by atoms with Crippen LogP contribution < -0.4 is 5.32 Å². The topological polar surface area (TPSA) is 104 Å². The number of hydrogen-bond donors (Lipinski definition) is 1. The van der Waals surface area contributed by atoms with Gasteiger partial charge in [0, 0.05) is 17.8 Å². The number of allylic oxidation sites excluding steroid dienone is 1. The van der Waals surface area contributed by atoms with Crippen molar-refractivity contribution in [3.63, 3.8) is 0 Å². The van der Waals surface area contributed by atoms with Crippen molar-refractivity contribution in [3.8, 4) is 0 Å². The first-order chi connectivity index (χ1) is 17.8. The lowest BCUT2D eigenvalue weighted by Gasteiger charge is -2.25. The number of halogens is 5. The van der Waals surface area contributed by atoms with E-state index in [1.807, 2.05) is 0 Å². The summed E-state index contributed by atoms with van der Waals surface area (Å²) in [5, 5.41) is 2.62. The highest BCUT2D eigenvalue weighted by molar-refractivity contribution is 7.89. The molecule has 1 aromatic heterocycles. The minimum atomic E-state index is -4.83. The zero-order valence-electron chi connectivity index (χ0n) is 19.9. The number of carbonyl (C=O) groups excluding carboxylic acids is 1. The van der Waals surface area contributed by atoms with Crippen molar-refractivity contribution in [1.82, 2.24) is 14.6 Å². The van der Waals surface area contributed by atoms with Gasteiger partial charge in [0.2, 0.25) is 21.8 Å². The molecule has 0 radical (unpaired) electrons. The van der Waals surface area contributed by atoms with Gasteiger partial charge in [0.05, 0.1) is 23.3 Å². The van der Waals surface area contributed by atoms with E-state index in [0.29, 0.717) is 12.8 Å². The Labute approximate surface area is 215 Å². The van der Waals surface area contributed by atoms with Gasteiger partial charge in [-0.05, 0) is 68.3 Å². The highest BCUT2D eigenvalue weighted by Crippen LogP contribution is 2.48. The lowest BCUT2D eigenvalue weighted by Crippen LogP contribution is -2.46. The predicted octanol–water partition coefficient (Wildman–Crippen LogP) is 3.85. The number of fused-ring (bicyclic) bond motifs is 1. The summed E-state index contributed by atoms with van der Waals surface area (Å²) in [5.74, 6) is -3.66. The quantitative estimate of drug-likeness (QED) is 0.319. The highest BCUT2D eigenvalue weighted by Gasteiger charge is 2.58. The van der Waals surface area contributed by atoms with Gasteiger partial charge in [-0.25, -0.2) is 27.2 Å². The third-order valence-corrected chi connectivity index (χ3v) is 8.40. The number of pyridine rings is 1. The van der Waals surface area contributed by atoms with E-state index in [4.69, 9.17) is 0 Å². The molecule has 1 amide bonds. The molecular weight excluding hydrogens is 533 g/mol. The summed E-state index contributed by atoms with van der Waals surface area (Å²) < 4.78 is 93.5. The van der Waals surface area contributed by atoms with Crippen LogP contribution in [0.5, 0.6) is 0 Å². The van der Waals surface area contributed by atoms with Crippen molar-refractivity contribution < 1.29 is 35.2 Å². The summed E-state index contributed by atoms with van der Waals surface area (Å²) in [6.45, 7) is 3.97. The molecule has 1 N–H and O–H groups in total. The largest absolute Gasteiger partial charge is 0.451 e. The van der Waals surface area contributed by atoms with Crippen LogP contribution in [0, 0.1) is 17.6 Å². The fourth-order valence-corrected chi connectivity index (χ4v) is 6.38. The maximum atomic E-state index is 14.3. The van der Waals surface area contributed by atoms with Crippen molar-refractivity contribution in [2.75, 3.05) is 0 Å². The number of nitrogens with zero attached hydrogens (tertiary/aromatic N) is 4. The monoisotopic (exact) mass is 555 g/mol. The van der Waals surface area contributed by atoms with E-state index < -0.39 is 45.6 Å². The Kier molecular flexibility index (Phi) is 7.48. The molecule has 3 fully saturated rings. The Morgan fingerprint density at radius 3 is 2.50 bits per heavy atom. The number of alkyl halides is 3. The number of hydrogen-bond acceptors (Lipinski definition) is 5. The molecule has 2 saturated heterocycles. The Morgan fingerprint density at radius 2 is 1.89 bits per heavy atom. The molecule has 5 rings (SSSR count). The van der Waals surface area contributed by atoms with E-state index in [2.05, 4.69) is 27.0 Å². The number of aromatic nitrogens is 1. The fraction of sp³-hybridized carbons (Fsp3) is 0.333. The predicted molar refractivity (Wildman–Crippen MR) is 128 cm³/mol. The van der Waals surface area contributed by atoms with Gasteiger partial charge in [0.1, 0.15) is 17.7 Å². The number of benzene rings is 1. The average Bonchev–Trinajstić information content (AvgIpc) is 3.40. The van der Waals surface area contributed by atoms with Crippen LogP contribution in [0.3, 0.4) is 0 Å². The molecule has 2 bridgehead atoms. The molecule has 3 aliphatic rings. The van der Waals surface area contributed by atoms with Crippen LogP contribution in [-0.4, -0.2) is 54.4 Å². The second kappa shape index (κ2) is 10.3. The number of sulfonamides is 1. The third-order valence-electron chi connectivity index (χ3n) is 6.45. The Hall–Kier alpha value is -3.52. The summed E-state index contributed by atoms with van der Waals surface area (Å²) in [6, 6.07) is 4.26. The van der Waals surface area contributed by atoms with Gasteiger partial charge in [-0.3, -0.25) is 9.78 Å². The first-order valence-corrected chi connectivity index (χ1v) is 12.8. The Bertz CT molecular complexity index is 1420.